The second-order valence-corrected chi connectivity index (χ2v) is 12.4. The third kappa shape index (κ3) is 10.9. The second-order valence-electron chi connectivity index (χ2n) is 12.4. The normalized spacial score (nSPS) is 36.4. The molecule has 252 valence electrons. The van der Waals surface area contributed by atoms with Crippen LogP contribution < -0.4 is 45.3 Å². The summed E-state index contributed by atoms with van der Waals surface area (Å²) >= 11 is 0. The van der Waals surface area contributed by atoms with Crippen molar-refractivity contribution in [3.8, 4) is 0 Å². The van der Waals surface area contributed by atoms with Gasteiger partial charge in [-0.15, -0.1) is 0 Å². The van der Waals surface area contributed by atoms with E-state index in [1.54, 1.807) is 27.7 Å². The predicted molar refractivity (Wildman–Crippen MR) is 152 cm³/mol. The summed E-state index contributed by atoms with van der Waals surface area (Å²) in [6, 6.07) is 0. The molecule has 4 unspecified atom stereocenters. The maximum Gasteiger partial charge on any atom is 1.00 e. The number of hydrogen-bond acceptors (Lipinski definition) is 12. The largest absolute Gasteiger partial charge is 1.00 e. The minimum Gasteiger partial charge on any atom is -0.547 e. The Morgan fingerprint density at radius 3 is 2.18 bits per heavy atom. The molecule has 2 heterocycles. The number of amides is 2. The van der Waals surface area contributed by atoms with Crippen molar-refractivity contribution in [2.75, 3.05) is 19.7 Å². The predicted octanol–water partition coefficient (Wildman–Crippen LogP) is -4.87. The van der Waals surface area contributed by atoms with E-state index in [2.05, 4.69) is 22.8 Å². The molecule has 11 atom stereocenters. The number of ether oxygens (including phenoxy) is 4. The number of carboxylic acids is 1. The molecular weight excluding hydrogens is 603 g/mol. The van der Waals surface area contributed by atoms with E-state index in [4.69, 9.17) is 18.9 Å². The first-order valence-corrected chi connectivity index (χ1v) is 15.5. The minimum absolute atomic E-state index is 0. The number of allylic oxidation sites excluding steroid dienone is 2. The zero-order valence-corrected chi connectivity index (χ0v) is 28.9. The van der Waals surface area contributed by atoms with E-state index in [1.165, 1.54) is 0 Å². The van der Waals surface area contributed by atoms with Crippen LogP contribution in [-0.2, 0) is 33.3 Å². The SMILES string of the molecule is CC(C)[C@@H]1OC(C(=O)[O-])[C@H](O[C@@H]2OC(C(=O)NCCNC(=O)CO[C@H]3CC/C=C/CCC3)[C@@H](C(C)C)[C@H](O)C2O)[C@H](O)C1O.[Na+]. The molecule has 0 bridgehead atoms. The second kappa shape index (κ2) is 19.0. The maximum absolute atomic E-state index is 13.2. The fourth-order valence-electron chi connectivity index (χ4n) is 5.94. The summed E-state index contributed by atoms with van der Waals surface area (Å²) in [5.41, 5.74) is 0. The van der Waals surface area contributed by atoms with Gasteiger partial charge in [0.1, 0.15) is 43.2 Å². The summed E-state index contributed by atoms with van der Waals surface area (Å²) in [5, 5.41) is 60.2. The Kier molecular flexibility index (Phi) is 16.9. The van der Waals surface area contributed by atoms with Crippen molar-refractivity contribution in [1.82, 2.24) is 10.6 Å². The molecule has 14 nitrogen and oxygen atoms in total. The Morgan fingerprint density at radius 2 is 1.53 bits per heavy atom. The third-order valence-electron chi connectivity index (χ3n) is 8.40. The van der Waals surface area contributed by atoms with Gasteiger partial charge in [-0.25, -0.2) is 0 Å². The van der Waals surface area contributed by atoms with Crippen molar-refractivity contribution >= 4 is 17.8 Å². The summed E-state index contributed by atoms with van der Waals surface area (Å²) in [5.74, 6) is -4.29. The monoisotopic (exact) mass is 652 g/mol. The van der Waals surface area contributed by atoms with Crippen LogP contribution in [0.1, 0.15) is 59.8 Å². The standard InChI is InChI=1S/C30H50N2O12.Na/c1-15(2)19-20(34)23(37)30(44-26-22(36)21(35)24(16(3)4)42-27(26)29(39)40)43-25(19)28(38)32-13-12-31-18(33)14-41-17-10-8-6-5-7-9-11-17;/h5-6,15-17,19-27,30,34-37H,7-14H2,1-4H3,(H,31,33)(H,32,38)(H,39,40);/q;+1/p-1/b6-5+;/t17-,19-,20-,21?,22+,23?,24-,25?,26+,27?,30-;/m0./s1. The van der Waals surface area contributed by atoms with Crippen molar-refractivity contribution in [3.63, 3.8) is 0 Å². The van der Waals surface area contributed by atoms with Crippen LogP contribution in [0, 0.1) is 17.8 Å². The molecule has 0 aromatic heterocycles. The van der Waals surface area contributed by atoms with Gasteiger partial charge in [-0.05, 0) is 43.9 Å². The number of nitrogens with one attached hydrogen (secondary N) is 2. The molecule has 3 aliphatic rings. The molecule has 2 fully saturated rings. The molecule has 6 N–H and O–H groups in total. The molecule has 45 heavy (non-hydrogen) atoms. The number of aliphatic hydroxyl groups excluding tert-OH is 4. The first-order chi connectivity index (χ1) is 20.8. The Bertz CT molecular complexity index is 985. The van der Waals surface area contributed by atoms with Gasteiger partial charge in [0.2, 0.25) is 11.8 Å². The molecule has 0 aromatic carbocycles. The molecule has 1 aliphatic carbocycles. The molecular formula is C30H49N2NaO12. The Hall–Kier alpha value is -1.17. The van der Waals surface area contributed by atoms with Gasteiger partial charge in [-0.3, -0.25) is 9.59 Å². The topological polar surface area (TPSA) is 216 Å². The fourth-order valence-corrected chi connectivity index (χ4v) is 5.94. The van der Waals surface area contributed by atoms with Crippen LogP contribution >= 0.6 is 0 Å². The number of rotatable bonds is 12. The van der Waals surface area contributed by atoms with Gasteiger partial charge in [-0.1, -0.05) is 39.8 Å². The van der Waals surface area contributed by atoms with E-state index in [0.29, 0.717) is 0 Å². The maximum atomic E-state index is 13.2. The average Bonchev–Trinajstić information content (AvgIpc) is 2.94. The van der Waals surface area contributed by atoms with Gasteiger partial charge in [0.25, 0.3) is 0 Å². The van der Waals surface area contributed by atoms with Crippen molar-refractivity contribution in [3.05, 3.63) is 12.2 Å². The van der Waals surface area contributed by atoms with Gasteiger partial charge in [0.15, 0.2) is 6.29 Å². The van der Waals surface area contributed by atoms with Crippen LogP contribution in [0.3, 0.4) is 0 Å². The minimum atomic E-state index is -1.83. The van der Waals surface area contributed by atoms with Crippen LogP contribution in [0.4, 0.5) is 0 Å². The van der Waals surface area contributed by atoms with E-state index >= 15 is 0 Å². The van der Waals surface area contributed by atoms with Gasteiger partial charge >= 0.3 is 29.6 Å². The van der Waals surface area contributed by atoms with Gasteiger partial charge in [0, 0.05) is 19.0 Å². The van der Waals surface area contributed by atoms with E-state index in [9.17, 15) is 39.9 Å². The fraction of sp³-hybridized carbons (Fsp3) is 0.833. The third-order valence-corrected chi connectivity index (χ3v) is 8.40. The van der Waals surface area contributed by atoms with Crippen LogP contribution in [0.2, 0.25) is 0 Å². The van der Waals surface area contributed by atoms with Crippen LogP contribution in [0.25, 0.3) is 0 Å². The van der Waals surface area contributed by atoms with E-state index in [1.807, 2.05) is 0 Å². The first-order valence-electron chi connectivity index (χ1n) is 15.5. The van der Waals surface area contributed by atoms with Crippen LogP contribution in [-0.4, -0.2) is 119 Å². The van der Waals surface area contributed by atoms with Crippen molar-refractivity contribution in [1.29, 1.82) is 0 Å². The molecule has 2 saturated heterocycles. The zero-order valence-electron chi connectivity index (χ0n) is 26.9. The Morgan fingerprint density at radius 1 is 0.867 bits per heavy atom. The summed E-state index contributed by atoms with van der Waals surface area (Å²) in [6.07, 6.45) is -5.33. The van der Waals surface area contributed by atoms with Gasteiger partial charge in [0.05, 0.1) is 24.3 Å². The van der Waals surface area contributed by atoms with E-state index in [-0.39, 0.29) is 73.1 Å². The Balaban J connectivity index is 0.00000705. The number of aliphatic carboxylic acids is 1. The van der Waals surface area contributed by atoms with E-state index in [0.717, 1.165) is 32.1 Å². The summed E-state index contributed by atoms with van der Waals surface area (Å²) in [4.78, 5) is 37.3. The van der Waals surface area contributed by atoms with Crippen LogP contribution in [0.5, 0.6) is 0 Å². The van der Waals surface area contributed by atoms with Gasteiger partial charge < -0.3 is 59.9 Å². The molecule has 0 spiro atoms. The van der Waals surface area contributed by atoms with Crippen LogP contribution in [0.15, 0.2) is 12.2 Å². The molecule has 0 radical (unpaired) electrons. The van der Waals surface area contributed by atoms with Crippen molar-refractivity contribution in [2.24, 2.45) is 17.8 Å². The number of aliphatic hydroxyl groups is 4. The molecule has 3 rings (SSSR count). The summed E-state index contributed by atoms with van der Waals surface area (Å²) in [7, 11) is 0. The smallest absolute Gasteiger partial charge is 0.547 e. The summed E-state index contributed by atoms with van der Waals surface area (Å²) < 4.78 is 22.6. The van der Waals surface area contributed by atoms with Crippen molar-refractivity contribution in [2.45, 2.75) is 121 Å². The van der Waals surface area contributed by atoms with Gasteiger partial charge in [-0.2, -0.15) is 0 Å². The average molecular weight is 653 g/mol. The molecule has 2 amide bonds. The van der Waals surface area contributed by atoms with E-state index < -0.39 is 72.9 Å². The molecule has 15 heteroatoms. The summed E-state index contributed by atoms with van der Waals surface area (Å²) in [6.45, 7) is 6.83. The number of carboxylic acid groups (broad SMARTS) is 1. The number of hydrogen-bond donors (Lipinski definition) is 6. The quantitative estimate of drug-likeness (QED) is 0.0665. The first kappa shape index (κ1) is 40.0. The molecule has 0 aromatic rings. The zero-order chi connectivity index (χ0) is 32.6. The molecule has 2 aliphatic heterocycles. The number of carbonyl (C=O) groups excluding carboxylic acids is 3. The van der Waals surface area contributed by atoms with Crippen molar-refractivity contribution < 1.29 is 88.4 Å². The molecule has 0 saturated carbocycles. The Labute approximate surface area is 286 Å². The number of carbonyl (C=O) groups is 3.